The molecule has 0 radical (unpaired) electrons. The SMILES string of the molecule is CCOC(=O)c1ccc(NC(=O)CNc2cccc(C(=O)OC)c2)cc1. The maximum Gasteiger partial charge on any atom is 0.338 e. The van der Waals surface area contributed by atoms with E-state index in [0.717, 1.165) is 0 Å². The summed E-state index contributed by atoms with van der Waals surface area (Å²) >= 11 is 0. The Balaban J connectivity index is 1.89. The number of nitrogens with one attached hydrogen (secondary N) is 2. The van der Waals surface area contributed by atoms with Crippen molar-refractivity contribution in [2.75, 3.05) is 30.9 Å². The molecule has 0 heterocycles. The molecule has 2 N–H and O–H groups in total. The third-order valence-electron chi connectivity index (χ3n) is 3.42. The smallest absolute Gasteiger partial charge is 0.338 e. The highest BCUT2D eigenvalue weighted by Crippen LogP contribution is 2.13. The molecule has 0 fully saturated rings. The van der Waals surface area contributed by atoms with E-state index in [0.29, 0.717) is 29.1 Å². The third kappa shape index (κ3) is 5.34. The van der Waals surface area contributed by atoms with Crippen molar-refractivity contribution in [1.82, 2.24) is 0 Å². The van der Waals surface area contributed by atoms with Crippen LogP contribution in [0.25, 0.3) is 0 Å². The summed E-state index contributed by atoms with van der Waals surface area (Å²) in [6.07, 6.45) is 0. The average Bonchev–Trinajstić information content (AvgIpc) is 2.66. The predicted octanol–water partition coefficient (Wildman–Crippen LogP) is 2.70. The third-order valence-corrected chi connectivity index (χ3v) is 3.42. The summed E-state index contributed by atoms with van der Waals surface area (Å²) < 4.78 is 9.56. The second-order valence-electron chi connectivity index (χ2n) is 5.27. The fraction of sp³-hybridized carbons (Fsp3) is 0.211. The van der Waals surface area contributed by atoms with E-state index in [1.807, 2.05) is 0 Å². The van der Waals surface area contributed by atoms with Crippen molar-refractivity contribution in [1.29, 1.82) is 0 Å². The van der Waals surface area contributed by atoms with Gasteiger partial charge < -0.3 is 20.1 Å². The molecular weight excluding hydrogens is 336 g/mol. The average molecular weight is 356 g/mol. The molecule has 1 amide bonds. The number of ether oxygens (including phenoxy) is 2. The molecule has 0 atom stereocenters. The Bertz CT molecular complexity index is 787. The normalized spacial score (nSPS) is 9.92. The van der Waals surface area contributed by atoms with Gasteiger partial charge in [-0.3, -0.25) is 4.79 Å². The van der Waals surface area contributed by atoms with Gasteiger partial charge in [-0.2, -0.15) is 0 Å². The van der Waals surface area contributed by atoms with Crippen molar-refractivity contribution in [2.45, 2.75) is 6.92 Å². The van der Waals surface area contributed by atoms with Gasteiger partial charge in [0, 0.05) is 11.4 Å². The van der Waals surface area contributed by atoms with Crippen molar-refractivity contribution in [2.24, 2.45) is 0 Å². The van der Waals surface area contributed by atoms with Crippen LogP contribution in [0.4, 0.5) is 11.4 Å². The van der Waals surface area contributed by atoms with Gasteiger partial charge in [-0.15, -0.1) is 0 Å². The van der Waals surface area contributed by atoms with Crippen LogP contribution in [0.1, 0.15) is 27.6 Å². The van der Waals surface area contributed by atoms with E-state index >= 15 is 0 Å². The van der Waals surface area contributed by atoms with Crippen LogP contribution in [-0.2, 0) is 14.3 Å². The molecule has 26 heavy (non-hydrogen) atoms. The highest BCUT2D eigenvalue weighted by Gasteiger charge is 2.08. The van der Waals surface area contributed by atoms with Crippen molar-refractivity contribution in [3.8, 4) is 0 Å². The summed E-state index contributed by atoms with van der Waals surface area (Å²) in [7, 11) is 1.31. The fourth-order valence-corrected chi connectivity index (χ4v) is 2.17. The molecule has 0 aliphatic heterocycles. The Morgan fingerprint density at radius 2 is 1.65 bits per heavy atom. The maximum absolute atomic E-state index is 12.0. The van der Waals surface area contributed by atoms with Crippen LogP contribution in [0.5, 0.6) is 0 Å². The van der Waals surface area contributed by atoms with Crippen LogP contribution in [0, 0.1) is 0 Å². The van der Waals surface area contributed by atoms with Gasteiger partial charge >= 0.3 is 11.9 Å². The Kier molecular flexibility index (Phi) is 6.73. The van der Waals surface area contributed by atoms with E-state index in [1.54, 1.807) is 55.5 Å². The minimum atomic E-state index is -0.445. The van der Waals surface area contributed by atoms with Crippen molar-refractivity contribution in [3.05, 3.63) is 59.7 Å². The minimum Gasteiger partial charge on any atom is -0.465 e. The number of amides is 1. The standard InChI is InChI=1S/C19H20N2O5/c1-3-26-19(24)13-7-9-15(10-8-13)21-17(22)12-20-16-6-4-5-14(11-16)18(23)25-2/h4-11,20H,3,12H2,1-2H3,(H,21,22). The molecule has 0 spiro atoms. The Morgan fingerprint density at radius 3 is 2.31 bits per heavy atom. The lowest BCUT2D eigenvalue weighted by Crippen LogP contribution is -2.21. The maximum atomic E-state index is 12.0. The molecule has 7 nitrogen and oxygen atoms in total. The molecule has 7 heteroatoms. The molecule has 0 aliphatic carbocycles. The first-order valence-electron chi connectivity index (χ1n) is 8.02. The molecule has 0 saturated heterocycles. The first kappa shape index (κ1) is 19.0. The Labute approximate surface area is 151 Å². The fourth-order valence-electron chi connectivity index (χ4n) is 2.17. The summed E-state index contributed by atoms with van der Waals surface area (Å²) in [5, 5.41) is 5.65. The van der Waals surface area contributed by atoms with E-state index in [9.17, 15) is 14.4 Å². The van der Waals surface area contributed by atoms with E-state index in [2.05, 4.69) is 15.4 Å². The van der Waals surface area contributed by atoms with Gasteiger partial charge in [-0.05, 0) is 49.4 Å². The van der Waals surface area contributed by atoms with Gasteiger partial charge in [0.15, 0.2) is 0 Å². The molecular formula is C19H20N2O5. The number of methoxy groups -OCH3 is 1. The summed E-state index contributed by atoms with van der Waals surface area (Å²) in [6, 6.07) is 13.1. The quantitative estimate of drug-likeness (QED) is 0.741. The van der Waals surface area contributed by atoms with Gasteiger partial charge in [0.05, 0.1) is 31.4 Å². The first-order chi connectivity index (χ1) is 12.5. The Hall–Kier alpha value is -3.35. The number of hydrogen-bond acceptors (Lipinski definition) is 6. The van der Waals surface area contributed by atoms with Crippen molar-refractivity contribution >= 4 is 29.2 Å². The molecule has 0 saturated carbocycles. The first-order valence-corrected chi connectivity index (χ1v) is 8.02. The molecule has 2 aromatic carbocycles. The monoisotopic (exact) mass is 356 g/mol. The minimum absolute atomic E-state index is 0.0181. The van der Waals surface area contributed by atoms with Crippen LogP contribution in [0.3, 0.4) is 0 Å². The number of rotatable bonds is 7. The highest BCUT2D eigenvalue weighted by molar-refractivity contribution is 5.95. The Morgan fingerprint density at radius 1 is 0.923 bits per heavy atom. The number of anilines is 2. The number of benzene rings is 2. The van der Waals surface area contributed by atoms with Crippen molar-refractivity contribution < 1.29 is 23.9 Å². The number of carbonyl (C=O) groups is 3. The molecule has 0 aliphatic rings. The van der Waals surface area contributed by atoms with E-state index in [4.69, 9.17) is 4.74 Å². The molecule has 0 unspecified atom stereocenters. The number of carbonyl (C=O) groups excluding carboxylic acids is 3. The summed E-state index contributed by atoms with van der Waals surface area (Å²) in [5.41, 5.74) is 2.00. The molecule has 2 aromatic rings. The molecule has 136 valence electrons. The number of esters is 2. The van der Waals surface area contributed by atoms with Crippen LogP contribution < -0.4 is 10.6 Å². The molecule has 2 rings (SSSR count). The van der Waals surface area contributed by atoms with Gasteiger partial charge in [-0.1, -0.05) is 6.07 Å². The van der Waals surface area contributed by atoms with Crippen LogP contribution in [0.2, 0.25) is 0 Å². The van der Waals surface area contributed by atoms with Crippen LogP contribution in [-0.4, -0.2) is 38.1 Å². The zero-order chi connectivity index (χ0) is 18.9. The van der Waals surface area contributed by atoms with Crippen molar-refractivity contribution in [3.63, 3.8) is 0 Å². The van der Waals surface area contributed by atoms with Gasteiger partial charge in [0.1, 0.15) is 0 Å². The van der Waals surface area contributed by atoms with Gasteiger partial charge in [0.2, 0.25) is 5.91 Å². The molecule has 0 aromatic heterocycles. The number of hydrogen-bond donors (Lipinski definition) is 2. The van der Waals surface area contributed by atoms with Crippen LogP contribution >= 0.6 is 0 Å². The van der Waals surface area contributed by atoms with E-state index in [1.165, 1.54) is 7.11 Å². The lowest BCUT2D eigenvalue weighted by Gasteiger charge is -2.09. The second-order valence-corrected chi connectivity index (χ2v) is 5.27. The summed E-state index contributed by atoms with van der Waals surface area (Å²) in [5.74, 6) is -1.12. The highest BCUT2D eigenvalue weighted by atomic mass is 16.5. The lowest BCUT2D eigenvalue weighted by atomic mass is 10.2. The zero-order valence-corrected chi connectivity index (χ0v) is 14.6. The lowest BCUT2D eigenvalue weighted by molar-refractivity contribution is -0.114. The second kappa shape index (κ2) is 9.22. The van der Waals surface area contributed by atoms with E-state index in [-0.39, 0.29) is 12.5 Å². The topological polar surface area (TPSA) is 93.7 Å². The molecule has 0 bridgehead atoms. The van der Waals surface area contributed by atoms with Gasteiger partial charge in [-0.25, -0.2) is 9.59 Å². The predicted molar refractivity (Wildman–Crippen MR) is 97.3 cm³/mol. The van der Waals surface area contributed by atoms with Gasteiger partial charge in [0.25, 0.3) is 0 Å². The van der Waals surface area contributed by atoms with Crippen LogP contribution in [0.15, 0.2) is 48.5 Å². The summed E-state index contributed by atoms with van der Waals surface area (Å²) in [4.78, 5) is 35.1. The largest absolute Gasteiger partial charge is 0.465 e. The summed E-state index contributed by atoms with van der Waals surface area (Å²) in [6.45, 7) is 2.06. The van der Waals surface area contributed by atoms with E-state index < -0.39 is 11.9 Å². The zero-order valence-electron chi connectivity index (χ0n) is 14.6.